The number of rotatable bonds is 3. The van der Waals surface area contributed by atoms with E-state index < -0.39 is 5.91 Å². The summed E-state index contributed by atoms with van der Waals surface area (Å²) in [5.74, 6) is -0.442. The maximum Gasteiger partial charge on any atom is 0.248 e. The predicted octanol–water partition coefficient (Wildman–Crippen LogP) is 4.53. The summed E-state index contributed by atoms with van der Waals surface area (Å²) in [5.41, 5.74) is 9.20. The van der Waals surface area contributed by atoms with Crippen LogP contribution in [0.2, 0.25) is 0 Å². The van der Waals surface area contributed by atoms with Gasteiger partial charge in [-0.1, -0.05) is 18.2 Å². The number of nitrogens with two attached hydrogens (primary N) is 1. The second kappa shape index (κ2) is 7.29. The minimum absolute atomic E-state index is 0.0958. The van der Waals surface area contributed by atoms with Gasteiger partial charge in [-0.05, 0) is 66.4 Å². The molecular formula is C24H20N4O2. The van der Waals surface area contributed by atoms with Crippen molar-refractivity contribution in [2.75, 3.05) is 6.61 Å². The van der Waals surface area contributed by atoms with Crippen molar-refractivity contribution in [2.24, 2.45) is 5.73 Å². The van der Waals surface area contributed by atoms with Crippen molar-refractivity contribution in [1.29, 1.82) is 5.26 Å². The van der Waals surface area contributed by atoms with Crippen LogP contribution in [0.5, 0.6) is 0 Å². The number of carbonyl (C=O) groups excluding carboxylic acids is 1. The molecule has 1 amide bonds. The highest BCUT2D eigenvalue weighted by Crippen LogP contribution is 2.34. The Hall–Kier alpha value is -3.69. The number of benzene rings is 3. The van der Waals surface area contributed by atoms with Crippen molar-refractivity contribution in [3.63, 3.8) is 0 Å². The summed E-state index contributed by atoms with van der Waals surface area (Å²) in [6, 6.07) is 19.3. The number of aromatic nitrogens is 2. The van der Waals surface area contributed by atoms with Crippen LogP contribution in [-0.4, -0.2) is 22.3 Å². The van der Waals surface area contributed by atoms with E-state index in [1.165, 1.54) is 0 Å². The number of fused-ring (bicyclic) bond motifs is 2. The van der Waals surface area contributed by atoms with Crippen LogP contribution in [0.25, 0.3) is 32.9 Å². The maximum absolute atomic E-state index is 11.5. The van der Waals surface area contributed by atoms with Crippen molar-refractivity contribution < 1.29 is 9.53 Å². The minimum atomic E-state index is -0.442. The Morgan fingerprint density at radius 1 is 1.10 bits per heavy atom. The smallest absolute Gasteiger partial charge is 0.248 e. The SMILES string of the molecule is N#Cc1ccc2c(c1)c(-c1ccc3cc(C(N)=O)ccc3c1)nn2C1CCCCO1. The number of nitriles is 1. The van der Waals surface area contributed by atoms with Crippen LogP contribution in [-0.2, 0) is 4.74 Å². The highest BCUT2D eigenvalue weighted by atomic mass is 16.5. The zero-order chi connectivity index (χ0) is 20.7. The van der Waals surface area contributed by atoms with E-state index in [0.29, 0.717) is 11.1 Å². The lowest BCUT2D eigenvalue weighted by atomic mass is 10.0. The van der Waals surface area contributed by atoms with Gasteiger partial charge in [-0.2, -0.15) is 10.4 Å². The third-order valence-electron chi connectivity index (χ3n) is 5.66. The van der Waals surface area contributed by atoms with E-state index in [4.69, 9.17) is 15.6 Å². The van der Waals surface area contributed by atoms with Gasteiger partial charge in [0, 0.05) is 23.1 Å². The van der Waals surface area contributed by atoms with Crippen LogP contribution in [0, 0.1) is 11.3 Å². The molecule has 148 valence electrons. The van der Waals surface area contributed by atoms with Crippen LogP contribution in [0.3, 0.4) is 0 Å². The molecule has 1 saturated heterocycles. The third-order valence-corrected chi connectivity index (χ3v) is 5.66. The van der Waals surface area contributed by atoms with E-state index in [0.717, 1.165) is 58.8 Å². The minimum Gasteiger partial charge on any atom is -0.366 e. The zero-order valence-electron chi connectivity index (χ0n) is 16.3. The van der Waals surface area contributed by atoms with E-state index in [9.17, 15) is 10.1 Å². The van der Waals surface area contributed by atoms with Crippen LogP contribution in [0.1, 0.15) is 41.4 Å². The standard InChI is InChI=1S/C24H20N4O2/c25-14-15-4-9-21-20(11-15)23(27-28(21)22-3-1-2-10-30-22)18-7-5-17-13-19(24(26)29)8-6-16(17)12-18/h4-9,11-13,22H,1-3,10H2,(H2,26,29). The third kappa shape index (κ3) is 3.10. The molecule has 6 nitrogen and oxygen atoms in total. The van der Waals surface area contributed by atoms with E-state index in [1.807, 2.05) is 47.1 Å². The molecule has 1 aliphatic heterocycles. The topological polar surface area (TPSA) is 93.9 Å². The fourth-order valence-electron chi connectivity index (χ4n) is 4.11. The lowest BCUT2D eigenvalue weighted by molar-refractivity contribution is -0.0365. The molecule has 1 aromatic heterocycles. The first kappa shape index (κ1) is 18.3. The Labute approximate surface area is 173 Å². The average Bonchev–Trinajstić information content (AvgIpc) is 3.17. The molecule has 1 atom stereocenters. The summed E-state index contributed by atoms with van der Waals surface area (Å²) in [5, 5.41) is 17.2. The molecule has 30 heavy (non-hydrogen) atoms. The van der Waals surface area contributed by atoms with E-state index in [1.54, 1.807) is 12.1 Å². The molecule has 2 heterocycles. The number of hydrogen-bond acceptors (Lipinski definition) is 4. The Morgan fingerprint density at radius 2 is 1.93 bits per heavy atom. The Kier molecular flexibility index (Phi) is 4.46. The number of hydrogen-bond donors (Lipinski definition) is 1. The lowest BCUT2D eigenvalue weighted by Gasteiger charge is -2.23. The molecule has 3 aromatic carbocycles. The molecule has 0 saturated carbocycles. The monoisotopic (exact) mass is 396 g/mol. The van der Waals surface area contributed by atoms with Gasteiger partial charge in [0.25, 0.3) is 0 Å². The highest BCUT2D eigenvalue weighted by molar-refractivity contribution is 6.00. The van der Waals surface area contributed by atoms with Gasteiger partial charge < -0.3 is 10.5 Å². The lowest BCUT2D eigenvalue weighted by Crippen LogP contribution is -2.19. The first-order valence-corrected chi connectivity index (χ1v) is 10.0. The summed E-state index contributed by atoms with van der Waals surface area (Å²) in [6.07, 6.45) is 3.00. The van der Waals surface area contributed by atoms with Gasteiger partial charge >= 0.3 is 0 Å². The van der Waals surface area contributed by atoms with Crippen molar-refractivity contribution in [3.8, 4) is 17.3 Å². The van der Waals surface area contributed by atoms with Gasteiger partial charge in [-0.3, -0.25) is 4.79 Å². The molecule has 2 N–H and O–H groups in total. The summed E-state index contributed by atoms with van der Waals surface area (Å²) in [4.78, 5) is 11.5. The fraction of sp³-hybridized carbons (Fsp3) is 0.208. The van der Waals surface area contributed by atoms with Gasteiger partial charge in [-0.15, -0.1) is 0 Å². The average molecular weight is 396 g/mol. The number of ether oxygens (including phenoxy) is 1. The Balaban J connectivity index is 1.68. The van der Waals surface area contributed by atoms with Crippen LogP contribution in [0.15, 0.2) is 54.6 Å². The molecule has 0 spiro atoms. The van der Waals surface area contributed by atoms with Crippen molar-refractivity contribution in [2.45, 2.75) is 25.5 Å². The van der Waals surface area contributed by atoms with Gasteiger partial charge in [0.2, 0.25) is 5.91 Å². The summed E-state index contributed by atoms with van der Waals surface area (Å²) in [7, 11) is 0. The number of carbonyl (C=O) groups is 1. The molecule has 0 aliphatic carbocycles. The van der Waals surface area contributed by atoms with E-state index in [2.05, 4.69) is 6.07 Å². The van der Waals surface area contributed by atoms with E-state index >= 15 is 0 Å². The summed E-state index contributed by atoms with van der Waals surface area (Å²) < 4.78 is 7.93. The predicted molar refractivity (Wildman–Crippen MR) is 115 cm³/mol. The van der Waals surface area contributed by atoms with Gasteiger partial charge in [0.1, 0.15) is 5.69 Å². The van der Waals surface area contributed by atoms with Crippen molar-refractivity contribution in [1.82, 2.24) is 9.78 Å². The van der Waals surface area contributed by atoms with Crippen LogP contribution < -0.4 is 5.73 Å². The molecule has 1 fully saturated rings. The molecular weight excluding hydrogens is 376 g/mol. The van der Waals surface area contributed by atoms with Crippen LogP contribution >= 0.6 is 0 Å². The normalized spacial score (nSPS) is 16.6. The molecule has 6 heteroatoms. The van der Waals surface area contributed by atoms with Gasteiger partial charge in [0.15, 0.2) is 6.23 Å². The Bertz CT molecular complexity index is 1330. The number of primary amides is 1. The fourth-order valence-corrected chi connectivity index (χ4v) is 4.11. The summed E-state index contributed by atoms with van der Waals surface area (Å²) >= 11 is 0. The second-order valence-corrected chi connectivity index (χ2v) is 7.60. The maximum atomic E-state index is 11.5. The first-order chi connectivity index (χ1) is 14.6. The first-order valence-electron chi connectivity index (χ1n) is 10.0. The molecule has 1 unspecified atom stereocenters. The van der Waals surface area contributed by atoms with Crippen molar-refractivity contribution in [3.05, 3.63) is 65.7 Å². The van der Waals surface area contributed by atoms with Crippen LogP contribution in [0.4, 0.5) is 0 Å². The Morgan fingerprint density at radius 3 is 2.70 bits per heavy atom. The van der Waals surface area contributed by atoms with Gasteiger partial charge in [-0.25, -0.2) is 4.68 Å². The number of nitrogens with zero attached hydrogens (tertiary/aromatic N) is 3. The highest BCUT2D eigenvalue weighted by Gasteiger charge is 2.22. The zero-order valence-corrected chi connectivity index (χ0v) is 16.3. The largest absolute Gasteiger partial charge is 0.366 e. The van der Waals surface area contributed by atoms with Crippen molar-refractivity contribution >= 4 is 27.6 Å². The summed E-state index contributed by atoms with van der Waals surface area (Å²) in [6.45, 7) is 0.732. The second-order valence-electron chi connectivity index (χ2n) is 7.60. The number of amides is 1. The molecule has 0 bridgehead atoms. The molecule has 0 radical (unpaired) electrons. The quantitative estimate of drug-likeness (QED) is 0.551. The molecule has 1 aliphatic rings. The van der Waals surface area contributed by atoms with Gasteiger partial charge in [0.05, 0.1) is 17.1 Å². The van der Waals surface area contributed by atoms with E-state index in [-0.39, 0.29) is 6.23 Å². The molecule has 4 aromatic rings. The molecule has 5 rings (SSSR count).